The monoisotopic (exact) mass is 389 g/mol. The molecule has 0 aliphatic carbocycles. The number of para-hydroxylation sites is 2. The normalized spacial score (nSPS) is 15.5. The lowest BCUT2D eigenvalue weighted by Crippen LogP contribution is -2.32. The van der Waals surface area contributed by atoms with Gasteiger partial charge in [0.1, 0.15) is 5.75 Å². The summed E-state index contributed by atoms with van der Waals surface area (Å²) >= 11 is 1.42. The maximum atomic E-state index is 12.3. The minimum absolute atomic E-state index is 0.0501. The van der Waals surface area contributed by atoms with Gasteiger partial charge in [-0.1, -0.05) is 23.9 Å². The summed E-state index contributed by atoms with van der Waals surface area (Å²) in [5, 5.41) is 9.36. The smallest absolute Gasteiger partial charge is 0.235 e. The van der Waals surface area contributed by atoms with Crippen molar-refractivity contribution in [2.24, 2.45) is 0 Å². The lowest BCUT2D eigenvalue weighted by atomic mass is 10.1. The lowest BCUT2D eigenvalue weighted by molar-refractivity contribution is -0.127. The van der Waals surface area contributed by atoms with Crippen molar-refractivity contribution in [1.29, 1.82) is 0 Å². The van der Waals surface area contributed by atoms with Crippen LogP contribution in [0.15, 0.2) is 29.4 Å². The first-order valence-electron chi connectivity index (χ1n) is 9.24. The number of methoxy groups -OCH3 is 1. The highest BCUT2D eigenvalue weighted by atomic mass is 32.2. The first kappa shape index (κ1) is 19.5. The first-order chi connectivity index (χ1) is 13.0. The van der Waals surface area contributed by atoms with Gasteiger partial charge < -0.3 is 14.5 Å². The van der Waals surface area contributed by atoms with Crippen LogP contribution in [0, 0.1) is 0 Å². The Kier molecular flexibility index (Phi) is 6.26. The van der Waals surface area contributed by atoms with Crippen LogP contribution in [0.4, 0.5) is 5.95 Å². The number of amides is 1. The molecule has 1 aromatic heterocycles. The van der Waals surface area contributed by atoms with Crippen molar-refractivity contribution < 1.29 is 9.53 Å². The number of hydrogen-bond donors (Lipinski definition) is 0. The van der Waals surface area contributed by atoms with Gasteiger partial charge in [-0.05, 0) is 38.3 Å². The molecule has 1 aromatic carbocycles. The van der Waals surface area contributed by atoms with Crippen molar-refractivity contribution in [3.05, 3.63) is 24.3 Å². The Morgan fingerprint density at radius 2 is 1.89 bits per heavy atom. The maximum Gasteiger partial charge on any atom is 0.235 e. The van der Waals surface area contributed by atoms with Crippen LogP contribution >= 0.6 is 11.8 Å². The molecule has 146 valence electrons. The summed E-state index contributed by atoms with van der Waals surface area (Å²) in [6.07, 6.45) is 3.54. The van der Waals surface area contributed by atoms with Crippen LogP contribution in [-0.2, 0) is 4.79 Å². The standard InChI is InChI=1S/C19H27N5O2S/c1-14(17(25)22(2)3)27-19-21-20-18(23-12-8-5-9-13-23)24(19)15-10-6-7-11-16(15)26-4/h6-7,10-11,14H,5,8-9,12-13H2,1-4H3. The molecule has 1 atom stereocenters. The summed E-state index contributed by atoms with van der Waals surface area (Å²) in [7, 11) is 5.20. The van der Waals surface area contributed by atoms with Gasteiger partial charge in [-0.3, -0.25) is 9.36 Å². The molecule has 27 heavy (non-hydrogen) atoms. The molecule has 2 aromatic rings. The highest BCUT2D eigenvalue weighted by Crippen LogP contribution is 2.34. The quantitative estimate of drug-likeness (QED) is 0.708. The number of benzene rings is 1. The third-order valence-corrected chi connectivity index (χ3v) is 5.68. The van der Waals surface area contributed by atoms with E-state index in [9.17, 15) is 4.79 Å². The van der Waals surface area contributed by atoms with Crippen molar-refractivity contribution in [3.8, 4) is 11.4 Å². The molecule has 1 aliphatic heterocycles. The van der Waals surface area contributed by atoms with Crippen LogP contribution < -0.4 is 9.64 Å². The number of nitrogens with zero attached hydrogens (tertiary/aromatic N) is 5. The van der Waals surface area contributed by atoms with Crippen molar-refractivity contribution >= 4 is 23.6 Å². The Morgan fingerprint density at radius 1 is 1.19 bits per heavy atom. The summed E-state index contributed by atoms with van der Waals surface area (Å²) < 4.78 is 7.60. The molecule has 0 N–H and O–H groups in total. The van der Waals surface area contributed by atoms with E-state index in [0.717, 1.165) is 43.3 Å². The zero-order valence-electron chi connectivity index (χ0n) is 16.4. The molecule has 0 spiro atoms. The minimum atomic E-state index is -0.258. The van der Waals surface area contributed by atoms with Crippen molar-refractivity contribution in [2.45, 2.75) is 36.6 Å². The van der Waals surface area contributed by atoms with Crippen molar-refractivity contribution in [3.63, 3.8) is 0 Å². The first-order valence-corrected chi connectivity index (χ1v) is 10.1. The van der Waals surface area contributed by atoms with Crippen LogP contribution in [0.1, 0.15) is 26.2 Å². The molecule has 1 saturated heterocycles. The van der Waals surface area contributed by atoms with Gasteiger partial charge >= 0.3 is 0 Å². The van der Waals surface area contributed by atoms with Gasteiger partial charge in [0.15, 0.2) is 5.16 Å². The number of rotatable bonds is 6. The van der Waals surface area contributed by atoms with Gasteiger partial charge in [0.25, 0.3) is 0 Å². The molecule has 2 heterocycles. The molecule has 7 nitrogen and oxygen atoms in total. The molecule has 3 rings (SSSR count). The number of piperidine rings is 1. The summed E-state index contributed by atoms with van der Waals surface area (Å²) in [5.41, 5.74) is 0.887. The second-order valence-electron chi connectivity index (χ2n) is 6.83. The van der Waals surface area contributed by atoms with E-state index in [1.165, 1.54) is 18.2 Å². The van der Waals surface area contributed by atoms with E-state index in [0.29, 0.717) is 5.16 Å². The Balaban J connectivity index is 2.03. The van der Waals surface area contributed by atoms with E-state index < -0.39 is 0 Å². The predicted molar refractivity (Wildman–Crippen MR) is 108 cm³/mol. The minimum Gasteiger partial charge on any atom is -0.495 e. The summed E-state index contributed by atoms with van der Waals surface area (Å²) in [4.78, 5) is 16.2. The molecule has 1 unspecified atom stereocenters. The topological polar surface area (TPSA) is 63.5 Å². The summed E-state index contributed by atoms with van der Waals surface area (Å²) in [6, 6.07) is 7.84. The number of carbonyl (C=O) groups excluding carboxylic acids is 1. The van der Waals surface area contributed by atoms with Gasteiger partial charge in [-0.2, -0.15) is 0 Å². The third kappa shape index (κ3) is 4.21. The second-order valence-corrected chi connectivity index (χ2v) is 8.14. The fraction of sp³-hybridized carbons (Fsp3) is 0.526. The lowest BCUT2D eigenvalue weighted by Gasteiger charge is -2.28. The van der Waals surface area contributed by atoms with Crippen LogP contribution in [0.3, 0.4) is 0 Å². The highest BCUT2D eigenvalue weighted by molar-refractivity contribution is 8.00. The molecule has 8 heteroatoms. The van der Waals surface area contributed by atoms with Crippen LogP contribution in [0.25, 0.3) is 5.69 Å². The molecule has 1 amide bonds. The Morgan fingerprint density at radius 3 is 2.56 bits per heavy atom. The maximum absolute atomic E-state index is 12.3. The number of carbonyl (C=O) groups is 1. The van der Waals surface area contributed by atoms with Crippen LogP contribution in [0.5, 0.6) is 5.75 Å². The molecule has 1 aliphatic rings. The SMILES string of the molecule is COc1ccccc1-n1c(SC(C)C(=O)N(C)C)nnc1N1CCCCC1. The zero-order chi connectivity index (χ0) is 19.4. The second kappa shape index (κ2) is 8.65. The molecule has 0 radical (unpaired) electrons. The Labute approximate surface area is 164 Å². The van der Waals surface area contributed by atoms with E-state index >= 15 is 0 Å². The van der Waals surface area contributed by atoms with Crippen molar-refractivity contribution in [1.82, 2.24) is 19.7 Å². The van der Waals surface area contributed by atoms with Gasteiger partial charge in [0.2, 0.25) is 11.9 Å². The molecular formula is C19H27N5O2S. The molecule has 1 fully saturated rings. The number of anilines is 1. The largest absolute Gasteiger partial charge is 0.495 e. The van der Waals surface area contributed by atoms with Gasteiger partial charge in [0.05, 0.1) is 18.0 Å². The highest BCUT2D eigenvalue weighted by Gasteiger charge is 2.26. The molecule has 0 saturated carbocycles. The van der Waals surface area contributed by atoms with E-state index in [1.807, 2.05) is 35.8 Å². The summed E-state index contributed by atoms with van der Waals surface area (Å²) in [5.74, 6) is 1.62. The summed E-state index contributed by atoms with van der Waals surface area (Å²) in [6.45, 7) is 3.82. The van der Waals surface area contributed by atoms with Gasteiger partial charge in [-0.25, -0.2) is 0 Å². The number of thioether (sulfide) groups is 1. The number of ether oxygens (including phenoxy) is 1. The average molecular weight is 390 g/mol. The number of aromatic nitrogens is 3. The van der Waals surface area contributed by atoms with E-state index in [1.54, 1.807) is 26.1 Å². The van der Waals surface area contributed by atoms with Gasteiger partial charge in [-0.15, -0.1) is 10.2 Å². The number of hydrogen-bond acceptors (Lipinski definition) is 6. The predicted octanol–water partition coefficient (Wildman–Crippen LogP) is 2.84. The van der Waals surface area contributed by atoms with Gasteiger partial charge in [0, 0.05) is 27.2 Å². The van der Waals surface area contributed by atoms with Crippen LogP contribution in [0.2, 0.25) is 0 Å². The molecular weight excluding hydrogens is 362 g/mol. The fourth-order valence-electron chi connectivity index (χ4n) is 3.23. The Hall–Kier alpha value is -2.22. The van der Waals surface area contributed by atoms with E-state index in [-0.39, 0.29) is 11.2 Å². The fourth-order valence-corrected chi connectivity index (χ4v) is 4.24. The molecule has 0 bridgehead atoms. The van der Waals surface area contributed by atoms with Crippen molar-refractivity contribution in [2.75, 3.05) is 39.2 Å². The van der Waals surface area contributed by atoms with E-state index in [4.69, 9.17) is 4.74 Å². The third-order valence-electron chi connectivity index (χ3n) is 4.65. The average Bonchev–Trinajstić information content (AvgIpc) is 3.11. The van der Waals surface area contributed by atoms with Crippen LogP contribution in [-0.4, -0.2) is 65.1 Å². The van der Waals surface area contributed by atoms with E-state index in [2.05, 4.69) is 15.1 Å². The Bertz CT molecular complexity index is 786. The zero-order valence-corrected chi connectivity index (χ0v) is 17.2.